The molecule has 1 aliphatic rings. The summed E-state index contributed by atoms with van der Waals surface area (Å²) in [5.74, 6) is 0.739. The first-order chi connectivity index (χ1) is 8.61. The minimum Gasteiger partial charge on any atom is -0.361 e. The second-order valence-electron chi connectivity index (χ2n) is 4.82. The standard InChI is InChI=1S/C12H18N4O2/c1-8-5-11(16(17)18)12(14-7-8)15-10-4-2-3-9(10)6-13/h5,7,9-10H,2-4,6,13H2,1H3,(H,14,15). The van der Waals surface area contributed by atoms with Gasteiger partial charge in [-0.2, -0.15) is 0 Å². The van der Waals surface area contributed by atoms with Gasteiger partial charge >= 0.3 is 5.69 Å². The van der Waals surface area contributed by atoms with E-state index in [1.807, 2.05) is 0 Å². The number of rotatable bonds is 4. The van der Waals surface area contributed by atoms with Crippen molar-refractivity contribution in [1.29, 1.82) is 0 Å². The number of anilines is 1. The van der Waals surface area contributed by atoms with Gasteiger partial charge in [-0.15, -0.1) is 0 Å². The van der Waals surface area contributed by atoms with Gasteiger partial charge in [-0.1, -0.05) is 6.42 Å². The van der Waals surface area contributed by atoms with Crippen molar-refractivity contribution in [2.45, 2.75) is 32.2 Å². The molecule has 1 heterocycles. The highest BCUT2D eigenvalue weighted by Crippen LogP contribution is 2.30. The molecular formula is C12H18N4O2. The van der Waals surface area contributed by atoms with Crippen LogP contribution in [-0.2, 0) is 0 Å². The van der Waals surface area contributed by atoms with Crippen LogP contribution in [0.4, 0.5) is 11.5 Å². The summed E-state index contributed by atoms with van der Waals surface area (Å²) in [4.78, 5) is 14.7. The highest BCUT2D eigenvalue weighted by atomic mass is 16.6. The molecule has 3 N–H and O–H groups in total. The fourth-order valence-corrected chi connectivity index (χ4v) is 2.49. The first-order valence-electron chi connectivity index (χ1n) is 6.19. The Labute approximate surface area is 106 Å². The number of pyridine rings is 1. The van der Waals surface area contributed by atoms with Crippen molar-refractivity contribution >= 4 is 11.5 Å². The Hall–Kier alpha value is -1.69. The summed E-state index contributed by atoms with van der Waals surface area (Å²) in [5, 5.41) is 14.2. The smallest absolute Gasteiger partial charge is 0.311 e. The SMILES string of the molecule is Cc1cnc(NC2CCCC2CN)c([N+](=O)[O-])c1. The van der Waals surface area contributed by atoms with E-state index in [-0.39, 0.29) is 11.7 Å². The van der Waals surface area contributed by atoms with Gasteiger partial charge in [0.2, 0.25) is 5.82 Å². The number of aryl methyl sites for hydroxylation is 1. The van der Waals surface area contributed by atoms with Gasteiger partial charge in [-0.25, -0.2) is 4.98 Å². The van der Waals surface area contributed by atoms with Crippen LogP contribution in [-0.4, -0.2) is 22.5 Å². The highest BCUT2D eigenvalue weighted by molar-refractivity contribution is 5.57. The van der Waals surface area contributed by atoms with Crippen LogP contribution < -0.4 is 11.1 Å². The van der Waals surface area contributed by atoms with Crippen LogP contribution in [0.2, 0.25) is 0 Å². The Kier molecular flexibility index (Phi) is 3.76. The third-order valence-corrected chi connectivity index (χ3v) is 3.48. The van der Waals surface area contributed by atoms with Crippen LogP contribution in [0.1, 0.15) is 24.8 Å². The van der Waals surface area contributed by atoms with E-state index in [1.54, 1.807) is 19.2 Å². The Morgan fingerprint density at radius 3 is 3.06 bits per heavy atom. The minimum absolute atomic E-state index is 0.0395. The quantitative estimate of drug-likeness (QED) is 0.628. The van der Waals surface area contributed by atoms with Crippen LogP contribution >= 0.6 is 0 Å². The molecule has 1 aliphatic carbocycles. The monoisotopic (exact) mass is 250 g/mol. The van der Waals surface area contributed by atoms with Crippen molar-refractivity contribution in [2.24, 2.45) is 11.7 Å². The molecule has 0 amide bonds. The molecule has 1 aromatic rings. The fraction of sp³-hybridized carbons (Fsp3) is 0.583. The zero-order chi connectivity index (χ0) is 13.1. The van der Waals surface area contributed by atoms with Gasteiger partial charge in [0, 0.05) is 18.3 Å². The third kappa shape index (κ3) is 2.59. The van der Waals surface area contributed by atoms with E-state index in [4.69, 9.17) is 5.73 Å². The molecule has 2 unspecified atom stereocenters. The number of hydrogen-bond acceptors (Lipinski definition) is 5. The minimum atomic E-state index is -0.394. The van der Waals surface area contributed by atoms with Crippen molar-refractivity contribution < 1.29 is 4.92 Å². The maximum Gasteiger partial charge on any atom is 0.311 e. The maximum atomic E-state index is 11.0. The van der Waals surface area contributed by atoms with E-state index in [0.717, 1.165) is 24.8 Å². The summed E-state index contributed by atoms with van der Waals surface area (Å²) in [6, 6.07) is 1.74. The molecule has 0 spiro atoms. The predicted molar refractivity (Wildman–Crippen MR) is 69.4 cm³/mol. The van der Waals surface area contributed by atoms with Gasteiger partial charge in [0.25, 0.3) is 0 Å². The van der Waals surface area contributed by atoms with E-state index in [9.17, 15) is 10.1 Å². The molecule has 0 saturated heterocycles. The molecule has 0 aromatic carbocycles. The molecule has 18 heavy (non-hydrogen) atoms. The predicted octanol–water partition coefficient (Wildman–Crippen LogP) is 1.84. The summed E-state index contributed by atoms with van der Waals surface area (Å²) < 4.78 is 0. The van der Waals surface area contributed by atoms with Crippen molar-refractivity contribution in [2.75, 3.05) is 11.9 Å². The van der Waals surface area contributed by atoms with Crippen LogP contribution in [0, 0.1) is 23.0 Å². The zero-order valence-electron chi connectivity index (χ0n) is 10.4. The average Bonchev–Trinajstić information content (AvgIpc) is 2.78. The Balaban J connectivity index is 2.20. The van der Waals surface area contributed by atoms with E-state index < -0.39 is 4.92 Å². The first-order valence-corrected chi connectivity index (χ1v) is 6.19. The van der Waals surface area contributed by atoms with Crippen molar-refractivity contribution in [1.82, 2.24) is 4.98 Å². The Bertz CT molecular complexity index is 450. The number of aromatic nitrogens is 1. The average molecular weight is 250 g/mol. The maximum absolute atomic E-state index is 11.0. The number of nitrogens with zero attached hydrogens (tertiary/aromatic N) is 2. The molecule has 0 aliphatic heterocycles. The molecule has 2 rings (SSSR count). The summed E-state index contributed by atoms with van der Waals surface area (Å²) in [5.41, 5.74) is 6.53. The summed E-state index contributed by atoms with van der Waals surface area (Å²) >= 11 is 0. The van der Waals surface area contributed by atoms with Gasteiger partial charge in [0.1, 0.15) is 0 Å². The summed E-state index contributed by atoms with van der Waals surface area (Å²) in [7, 11) is 0. The van der Waals surface area contributed by atoms with Gasteiger partial charge < -0.3 is 11.1 Å². The van der Waals surface area contributed by atoms with Gasteiger partial charge in [-0.3, -0.25) is 10.1 Å². The second kappa shape index (κ2) is 5.30. The van der Waals surface area contributed by atoms with Gasteiger partial charge in [0.15, 0.2) is 0 Å². The Morgan fingerprint density at radius 2 is 2.39 bits per heavy atom. The number of hydrogen-bond donors (Lipinski definition) is 2. The lowest BCUT2D eigenvalue weighted by molar-refractivity contribution is -0.384. The first kappa shape index (κ1) is 12.8. The molecule has 6 heteroatoms. The van der Waals surface area contributed by atoms with Crippen molar-refractivity contribution in [3.63, 3.8) is 0 Å². The molecule has 1 fully saturated rings. The summed E-state index contributed by atoms with van der Waals surface area (Å²) in [6.07, 6.45) is 4.82. The molecule has 1 aromatic heterocycles. The normalized spacial score (nSPS) is 23.0. The molecule has 1 saturated carbocycles. The number of nitrogens with one attached hydrogen (secondary N) is 1. The van der Waals surface area contributed by atoms with E-state index in [1.165, 1.54) is 0 Å². The largest absolute Gasteiger partial charge is 0.361 e. The lowest BCUT2D eigenvalue weighted by atomic mass is 10.0. The molecule has 2 atom stereocenters. The summed E-state index contributed by atoms with van der Waals surface area (Å²) in [6.45, 7) is 2.40. The van der Waals surface area contributed by atoms with Crippen molar-refractivity contribution in [3.05, 3.63) is 27.9 Å². The second-order valence-corrected chi connectivity index (χ2v) is 4.82. The van der Waals surface area contributed by atoms with Gasteiger partial charge in [-0.05, 0) is 37.8 Å². The van der Waals surface area contributed by atoms with Crippen LogP contribution in [0.25, 0.3) is 0 Å². The number of nitrogens with two attached hydrogens (primary N) is 1. The zero-order valence-corrected chi connectivity index (χ0v) is 10.4. The molecular weight excluding hydrogens is 232 g/mol. The third-order valence-electron chi connectivity index (χ3n) is 3.48. The number of nitro groups is 1. The van der Waals surface area contributed by atoms with E-state index in [2.05, 4.69) is 10.3 Å². The van der Waals surface area contributed by atoms with E-state index >= 15 is 0 Å². The lowest BCUT2D eigenvalue weighted by Crippen LogP contribution is -2.30. The molecule has 0 bridgehead atoms. The lowest BCUT2D eigenvalue weighted by Gasteiger charge is -2.19. The van der Waals surface area contributed by atoms with Crippen LogP contribution in [0.5, 0.6) is 0 Å². The fourth-order valence-electron chi connectivity index (χ4n) is 2.49. The van der Waals surface area contributed by atoms with Crippen LogP contribution in [0.3, 0.4) is 0 Å². The highest BCUT2D eigenvalue weighted by Gasteiger charge is 2.28. The van der Waals surface area contributed by atoms with Gasteiger partial charge in [0.05, 0.1) is 4.92 Å². The molecule has 98 valence electrons. The molecule has 0 radical (unpaired) electrons. The topological polar surface area (TPSA) is 94.1 Å². The van der Waals surface area contributed by atoms with Crippen molar-refractivity contribution in [3.8, 4) is 0 Å². The Morgan fingerprint density at radius 1 is 1.61 bits per heavy atom. The van der Waals surface area contributed by atoms with Crippen LogP contribution in [0.15, 0.2) is 12.3 Å². The van der Waals surface area contributed by atoms with E-state index in [0.29, 0.717) is 18.3 Å². The molecule has 6 nitrogen and oxygen atoms in total.